The van der Waals surface area contributed by atoms with E-state index in [4.69, 9.17) is 16.3 Å². The number of para-hydroxylation sites is 1. The summed E-state index contributed by atoms with van der Waals surface area (Å²) in [7, 11) is 0. The van der Waals surface area contributed by atoms with Crippen molar-refractivity contribution in [3.63, 3.8) is 0 Å². The maximum absolute atomic E-state index is 12.3. The van der Waals surface area contributed by atoms with Crippen LogP contribution >= 0.6 is 11.6 Å². The fourth-order valence-corrected chi connectivity index (χ4v) is 3.08. The molecule has 1 unspecified atom stereocenters. The van der Waals surface area contributed by atoms with Crippen molar-refractivity contribution < 1.29 is 23.0 Å². The van der Waals surface area contributed by atoms with Crippen molar-refractivity contribution in [3.8, 4) is 17.0 Å². The molecule has 0 saturated heterocycles. The number of H-pyrrole nitrogens is 1. The minimum Gasteiger partial charge on any atom is -0.465 e. The normalized spacial score (nSPS) is 12.3. The van der Waals surface area contributed by atoms with Gasteiger partial charge < -0.3 is 14.5 Å². The number of ether oxygens (including phenoxy) is 2. The minimum atomic E-state index is -2.89. The van der Waals surface area contributed by atoms with E-state index in [-0.39, 0.29) is 12.4 Å². The fourth-order valence-electron chi connectivity index (χ4n) is 2.79. The van der Waals surface area contributed by atoms with Gasteiger partial charge in [-0.05, 0) is 42.8 Å². The van der Waals surface area contributed by atoms with Gasteiger partial charge in [0.2, 0.25) is 0 Å². The average Bonchev–Trinajstić information content (AvgIpc) is 3.01. The van der Waals surface area contributed by atoms with Crippen LogP contribution in [-0.4, -0.2) is 24.2 Å². The zero-order valence-corrected chi connectivity index (χ0v) is 14.6. The van der Waals surface area contributed by atoms with Gasteiger partial charge >= 0.3 is 12.6 Å². The zero-order valence-electron chi connectivity index (χ0n) is 13.8. The second kappa shape index (κ2) is 7.74. The summed E-state index contributed by atoms with van der Waals surface area (Å²) in [6, 6.07) is 13.5. The standard InChI is InChI=1S/C19H16ClF2NO3/c1-2-25-18(24)16(20)15-13-5-3-4-6-14(13)23-17(15)11-7-9-12(10-8-11)26-19(21)22/h3-10,16,19,23H,2H2,1H3. The van der Waals surface area contributed by atoms with Crippen molar-refractivity contribution >= 4 is 28.5 Å². The fraction of sp³-hybridized carbons (Fsp3) is 0.211. The largest absolute Gasteiger partial charge is 0.465 e. The predicted molar refractivity (Wildman–Crippen MR) is 95.6 cm³/mol. The van der Waals surface area contributed by atoms with Crippen molar-refractivity contribution in [1.82, 2.24) is 4.98 Å². The number of alkyl halides is 3. The maximum atomic E-state index is 12.3. The Morgan fingerprint density at radius 3 is 2.50 bits per heavy atom. The van der Waals surface area contributed by atoms with Gasteiger partial charge in [0.1, 0.15) is 5.75 Å². The molecule has 0 aliphatic carbocycles. The highest BCUT2D eigenvalue weighted by Gasteiger charge is 2.26. The number of carbonyl (C=O) groups is 1. The van der Waals surface area contributed by atoms with E-state index in [2.05, 4.69) is 9.72 Å². The lowest BCUT2D eigenvalue weighted by molar-refractivity contribution is -0.142. The highest BCUT2D eigenvalue weighted by molar-refractivity contribution is 6.31. The van der Waals surface area contributed by atoms with E-state index in [1.54, 1.807) is 19.1 Å². The van der Waals surface area contributed by atoms with Crippen LogP contribution in [0.1, 0.15) is 17.9 Å². The highest BCUT2D eigenvalue weighted by Crippen LogP contribution is 2.38. The first-order valence-electron chi connectivity index (χ1n) is 7.97. The lowest BCUT2D eigenvalue weighted by Crippen LogP contribution is -2.11. The Labute approximate surface area is 153 Å². The summed E-state index contributed by atoms with van der Waals surface area (Å²) in [4.78, 5) is 15.4. The molecule has 0 saturated carbocycles. The summed E-state index contributed by atoms with van der Waals surface area (Å²) in [5.41, 5.74) is 2.71. The third-order valence-corrected chi connectivity index (χ3v) is 4.26. The Kier molecular flexibility index (Phi) is 5.42. The lowest BCUT2D eigenvalue weighted by Gasteiger charge is -2.12. The molecule has 136 valence electrons. The highest BCUT2D eigenvalue weighted by atomic mass is 35.5. The van der Waals surface area contributed by atoms with E-state index in [0.29, 0.717) is 16.8 Å². The van der Waals surface area contributed by atoms with Crippen LogP contribution < -0.4 is 4.74 Å². The van der Waals surface area contributed by atoms with Crippen molar-refractivity contribution in [2.75, 3.05) is 6.61 Å². The number of benzene rings is 2. The van der Waals surface area contributed by atoms with Gasteiger partial charge in [0, 0.05) is 16.5 Å². The molecule has 1 aromatic heterocycles. The van der Waals surface area contributed by atoms with Crippen LogP contribution in [0, 0.1) is 0 Å². The van der Waals surface area contributed by atoms with Gasteiger partial charge in [-0.2, -0.15) is 8.78 Å². The molecule has 4 nitrogen and oxygen atoms in total. The molecule has 2 aromatic carbocycles. The average molecular weight is 380 g/mol. The van der Waals surface area contributed by atoms with Gasteiger partial charge in [0.25, 0.3) is 0 Å². The van der Waals surface area contributed by atoms with Crippen molar-refractivity contribution in [2.24, 2.45) is 0 Å². The van der Waals surface area contributed by atoms with Gasteiger partial charge in [-0.1, -0.05) is 18.2 Å². The molecule has 0 spiro atoms. The second-order valence-corrected chi connectivity index (χ2v) is 5.91. The molecule has 0 radical (unpaired) electrons. The van der Waals surface area contributed by atoms with Crippen LogP contribution in [-0.2, 0) is 9.53 Å². The van der Waals surface area contributed by atoms with E-state index in [1.807, 2.05) is 24.3 Å². The summed E-state index contributed by atoms with van der Waals surface area (Å²) in [5.74, 6) is -0.493. The van der Waals surface area contributed by atoms with Crippen LogP contribution in [0.25, 0.3) is 22.2 Å². The minimum absolute atomic E-state index is 0.0502. The van der Waals surface area contributed by atoms with E-state index in [9.17, 15) is 13.6 Å². The molecular weight excluding hydrogens is 364 g/mol. The number of nitrogens with one attached hydrogen (secondary N) is 1. The van der Waals surface area contributed by atoms with Crippen molar-refractivity contribution in [1.29, 1.82) is 0 Å². The Balaban J connectivity index is 2.07. The molecule has 1 heterocycles. The third kappa shape index (κ3) is 3.65. The molecule has 26 heavy (non-hydrogen) atoms. The topological polar surface area (TPSA) is 51.3 Å². The number of esters is 1. The SMILES string of the molecule is CCOC(=O)C(Cl)c1c(-c2ccc(OC(F)F)cc2)[nH]c2ccccc12. The van der Waals surface area contributed by atoms with Crippen LogP contribution in [0.3, 0.4) is 0 Å². The third-order valence-electron chi connectivity index (χ3n) is 3.86. The molecule has 1 N–H and O–H groups in total. The Hall–Kier alpha value is -2.60. The Bertz CT molecular complexity index is 909. The predicted octanol–water partition coefficient (Wildman–Crippen LogP) is 5.28. The number of halogens is 3. The Morgan fingerprint density at radius 1 is 1.15 bits per heavy atom. The van der Waals surface area contributed by atoms with E-state index in [0.717, 1.165) is 10.9 Å². The van der Waals surface area contributed by atoms with Crippen LogP contribution in [0.2, 0.25) is 0 Å². The van der Waals surface area contributed by atoms with Crippen LogP contribution in [0.4, 0.5) is 8.78 Å². The first-order chi connectivity index (χ1) is 12.5. The van der Waals surface area contributed by atoms with Crippen molar-refractivity contribution in [3.05, 3.63) is 54.1 Å². The number of fused-ring (bicyclic) bond motifs is 1. The Morgan fingerprint density at radius 2 is 1.85 bits per heavy atom. The molecule has 0 aliphatic heterocycles. The molecule has 0 bridgehead atoms. The van der Waals surface area contributed by atoms with Gasteiger partial charge in [-0.3, -0.25) is 4.79 Å². The maximum Gasteiger partial charge on any atom is 0.387 e. The first kappa shape index (κ1) is 18.2. The number of hydrogen-bond acceptors (Lipinski definition) is 3. The van der Waals surface area contributed by atoms with Gasteiger partial charge in [0.15, 0.2) is 5.38 Å². The number of hydrogen-bond donors (Lipinski definition) is 1. The van der Waals surface area contributed by atoms with Gasteiger partial charge in [-0.25, -0.2) is 0 Å². The number of aromatic nitrogens is 1. The second-order valence-electron chi connectivity index (χ2n) is 5.48. The smallest absolute Gasteiger partial charge is 0.387 e. The zero-order chi connectivity index (χ0) is 18.7. The summed E-state index contributed by atoms with van der Waals surface area (Å²) in [6.45, 7) is -0.959. The van der Waals surface area contributed by atoms with Crippen LogP contribution in [0.15, 0.2) is 48.5 Å². The van der Waals surface area contributed by atoms with E-state index in [1.165, 1.54) is 12.1 Å². The number of carbonyl (C=O) groups excluding carboxylic acids is 1. The van der Waals surface area contributed by atoms with E-state index >= 15 is 0 Å². The summed E-state index contributed by atoms with van der Waals surface area (Å²) < 4.78 is 34.0. The first-order valence-corrected chi connectivity index (χ1v) is 8.41. The number of rotatable bonds is 6. The molecule has 7 heteroatoms. The summed E-state index contributed by atoms with van der Waals surface area (Å²) in [6.07, 6.45) is 0. The van der Waals surface area contributed by atoms with Gasteiger partial charge in [0.05, 0.1) is 12.3 Å². The molecule has 0 fully saturated rings. The van der Waals surface area contributed by atoms with Crippen LogP contribution in [0.5, 0.6) is 5.75 Å². The monoisotopic (exact) mass is 379 g/mol. The summed E-state index contributed by atoms with van der Waals surface area (Å²) in [5, 5.41) is -0.207. The molecule has 0 amide bonds. The van der Waals surface area contributed by atoms with Crippen molar-refractivity contribution in [2.45, 2.75) is 18.9 Å². The molecule has 3 rings (SSSR count). The summed E-state index contributed by atoms with van der Waals surface area (Å²) >= 11 is 6.39. The quantitative estimate of drug-likeness (QED) is 0.468. The number of aromatic amines is 1. The molecule has 3 aromatic rings. The molecular formula is C19H16ClF2NO3. The molecule has 1 atom stereocenters. The van der Waals surface area contributed by atoms with E-state index < -0.39 is 18.0 Å². The molecule has 0 aliphatic rings. The lowest BCUT2D eigenvalue weighted by atomic mass is 10.0. The van der Waals surface area contributed by atoms with Gasteiger partial charge in [-0.15, -0.1) is 11.6 Å².